The molecule has 0 atom stereocenters. The molecule has 0 aromatic heterocycles. The number of nitrogens with one attached hydrogen (secondary N) is 1. The zero-order valence-corrected chi connectivity index (χ0v) is 12.1. The number of hydrogen-bond acceptors (Lipinski definition) is 3. The van der Waals surface area contributed by atoms with Gasteiger partial charge in [0.05, 0.1) is 16.8 Å². The van der Waals surface area contributed by atoms with E-state index < -0.39 is 17.7 Å². The molecule has 0 saturated carbocycles. The van der Waals surface area contributed by atoms with Crippen LogP contribution in [0, 0.1) is 5.82 Å². The average Bonchev–Trinajstić information content (AvgIpc) is 2.37. The molecule has 5 nitrogen and oxygen atoms in total. The molecule has 0 heterocycles. The molecule has 0 bridgehead atoms. The lowest BCUT2D eigenvalue weighted by atomic mass is 10.1. The third-order valence-electron chi connectivity index (χ3n) is 2.70. The summed E-state index contributed by atoms with van der Waals surface area (Å²) in [6.45, 7) is 0. The number of benzene rings is 2. The van der Waals surface area contributed by atoms with Gasteiger partial charge in [-0.2, -0.15) is 0 Å². The summed E-state index contributed by atoms with van der Waals surface area (Å²) in [5.41, 5.74) is 6.06. The Kier molecular flexibility index (Phi) is 4.23. The number of carbonyl (C=O) groups is 2. The minimum Gasteiger partial charge on any atom is -0.478 e. The molecule has 1 amide bonds. The topological polar surface area (TPSA) is 92.4 Å². The van der Waals surface area contributed by atoms with Crippen molar-refractivity contribution in [3.63, 3.8) is 0 Å². The fourth-order valence-electron chi connectivity index (χ4n) is 1.72. The van der Waals surface area contributed by atoms with E-state index in [1.165, 1.54) is 24.3 Å². The van der Waals surface area contributed by atoms with E-state index in [2.05, 4.69) is 21.2 Å². The minimum absolute atomic E-state index is 0.0729. The Balaban J connectivity index is 2.35. The minimum atomic E-state index is -1.19. The number of nitrogens with two attached hydrogens (primary N) is 1. The number of nitrogen functional groups attached to an aromatic ring is 1. The summed E-state index contributed by atoms with van der Waals surface area (Å²) >= 11 is 3.08. The molecular weight excluding hydrogens is 343 g/mol. The quantitative estimate of drug-likeness (QED) is 0.740. The predicted octanol–water partition coefficient (Wildman–Crippen LogP) is 3.12. The van der Waals surface area contributed by atoms with Crippen LogP contribution >= 0.6 is 15.9 Å². The van der Waals surface area contributed by atoms with Crippen molar-refractivity contribution in [3.05, 3.63) is 57.8 Å². The van der Waals surface area contributed by atoms with Gasteiger partial charge in [-0.1, -0.05) is 0 Å². The van der Waals surface area contributed by atoms with E-state index in [0.717, 1.165) is 12.1 Å². The second-order valence-electron chi connectivity index (χ2n) is 4.19. The number of anilines is 2. The highest BCUT2D eigenvalue weighted by Gasteiger charge is 2.16. The summed E-state index contributed by atoms with van der Waals surface area (Å²) in [5, 5.41) is 11.5. The number of halogens is 2. The van der Waals surface area contributed by atoms with E-state index in [0.29, 0.717) is 5.69 Å². The predicted molar refractivity (Wildman–Crippen MR) is 79.9 cm³/mol. The van der Waals surface area contributed by atoms with Gasteiger partial charge in [-0.05, 0) is 52.3 Å². The van der Waals surface area contributed by atoms with Crippen LogP contribution in [0.1, 0.15) is 20.7 Å². The molecule has 0 saturated heterocycles. The van der Waals surface area contributed by atoms with E-state index >= 15 is 0 Å². The molecule has 2 aromatic rings. The van der Waals surface area contributed by atoms with Gasteiger partial charge in [-0.15, -0.1) is 0 Å². The van der Waals surface area contributed by atoms with Crippen LogP contribution in [0.4, 0.5) is 15.8 Å². The second kappa shape index (κ2) is 5.92. The van der Waals surface area contributed by atoms with Gasteiger partial charge in [0, 0.05) is 10.2 Å². The number of carboxylic acid groups (broad SMARTS) is 1. The second-order valence-corrected chi connectivity index (χ2v) is 5.04. The Labute approximate surface area is 127 Å². The van der Waals surface area contributed by atoms with E-state index in [1.807, 2.05) is 0 Å². The first-order valence-electron chi connectivity index (χ1n) is 5.77. The molecule has 21 heavy (non-hydrogen) atoms. The Morgan fingerprint density at radius 2 is 1.81 bits per heavy atom. The van der Waals surface area contributed by atoms with Gasteiger partial charge in [-0.3, -0.25) is 4.79 Å². The average molecular weight is 353 g/mol. The molecule has 2 rings (SSSR count). The highest BCUT2D eigenvalue weighted by atomic mass is 79.9. The number of carboxylic acids is 1. The Bertz CT molecular complexity index is 734. The molecule has 0 fully saturated rings. The van der Waals surface area contributed by atoms with Gasteiger partial charge in [-0.25, -0.2) is 9.18 Å². The van der Waals surface area contributed by atoms with Crippen LogP contribution < -0.4 is 11.1 Å². The van der Waals surface area contributed by atoms with Gasteiger partial charge in [0.15, 0.2) is 0 Å². The molecule has 0 aliphatic carbocycles. The lowest BCUT2D eigenvalue weighted by molar-refractivity contribution is 0.0698. The van der Waals surface area contributed by atoms with Gasteiger partial charge in [0.25, 0.3) is 5.91 Å². The molecule has 2 aromatic carbocycles. The molecule has 4 N–H and O–H groups in total. The molecular formula is C14H10BrFN2O3. The molecule has 0 spiro atoms. The lowest BCUT2D eigenvalue weighted by Crippen LogP contribution is -2.15. The molecule has 0 unspecified atom stereocenters. The first kappa shape index (κ1) is 15.0. The van der Waals surface area contributed by atoms with Crippen molar-refractivity contribution in [1.82, 2.24) is 0 Å². The van der Waals surface area contributed by atoms with Crippen molar-refractivity contribution in [3.8, 4) is 0 Å². The molecule has 7 heteroatoms. The maximum Gasteiger partial charge on any atom is 0.337 e. The van der Waals surface area contributed by atoms with Crippen molar-refractivity contribution in [2.75, 3.05) is 11.1 Å². The maximum absolute atomic E-state index is 13.0. The zero-order valence-electron chi connectivity index (χ0n) is 10.6. The third kappa shape index (κ3) is 3.38. The van der Waals surface area contributed by atoms with Gasteiger partial charge in [0.2, 0.25) is 0 Å². The first-order chi connectivity index (χ1) is 9.88. The summed E-state index contributed by atoms with van der Waals surface area (Å²) in [5.74, 6) is -2.26. The Morgan fingerprint density at radius 1 is 1.14 bits per heavy atom. The lowest BCUT2D eigenvalue weighted by Gasteiger charge is -2.10. The van der Waals surface area contributed by atoms with Crippen LogP contribution in [0.3, 0.4) is 0 Å². The number of amides is 1. The fourth-order valence-corrected chi connectivity index (χ4v) is 2.25. The highest BCUT2D eigenvalue weighted by Crippen LogP contribution is 2.23. The number of aromatic carboxylic acids is 1. The number of carbonyl (C=O) groups excluding carboxylic acids is 1. The van der Waals surface area contributed by atoms with E-state index in [-0.39, 0.29) is 21.3 Å². The summed E-state index contributed by atoms with van der Waals surface area (Å²) in [6.07, 6.45) is 0. The van der Waals surface area contributed by atoms with E-state index in [1.54, 1.807) is 0 Å². The van der Waals surface area contributed by atoms with Crippen molar-refractivity contribution < 1.29 is 19.1 Å². The summed E-state index contributed by atoms with van der Waals surface area (Å²) in [4.78, 5) is 23.2. The summed E-state index contributed by atoms with van der Waals surface area (Å²) < 4.78 is 13.3. The highest BCUT2D eigenvalue weighted by molar-refractivity contribution is 9.10. The van der Waals surface area contributed by atoms with Crippen LogP contribution in [-0.4, -0.2) is 17.0 Å². The van der Waals surface area contributed by atoms with Gasteiger partial charge >= 0.3 is 5.97 Å². The zero-order chi connectivity index (χ0) is 15.6. The van der Waals surface area contributed by atoms with Crippen molar-refractivity contribution >= 4 is 39.2 Å². The van der Waals surface area contributed by atoms with Crippen molar-refractivity contribution in [2.24, 2.45) is 0 Å². The first-order valence-corrected chi connectivity index (χ1v) is 6.57. The smallest absolute Gasteiger partial charge is 0.337 e. The van der Waals surface area contributed by atoms with E-state index in [4.69, 9.17) is 10.8 Å². The summed E-state index contributed by atoms with van der Waals surface area (Å²) in [6, 6.07) is 7.64. The van der Waals surface area contributed by atoms with Crippen LogP contribution in [-0.2, 0) is 0 Å². The maximum atomic E-state index is 13.0. The van der Waals surface area contributed by atoms with Crippen molar-refractivity contribution in [2.45, 2.75) is 0 Å². The number of hydrogen-bond donors (Lipinski definition) is 3. The van der Waals surface area contributed by atoms with Crippen LogP contribution in [0.15, 0.2) is 40.9 Å². The Morgan fingerprint density at radius 3 is 2.43 bits per heavy atom. The number of rotatable bonds is 3. The molecule has 108 valence electrons. The standard InChI is InChI=1S/C14H10BrFN2O3/c15-11-5-7(16)1-3-9(11)13(19)18-12-6-8(17)2-4-10(12)14(20)21/h1-6H,17H2,(H,18,19)(H,20,21). The van der Waals surface area contributed by atoms with Gasteiger partial charge < -0.3 is 16.2 Å². The fraction of sp³-hybridized carbons (Fsp3) is 0. The van der Waals surface area contributed by atoms with Crippen molar-refractivity contribution in [1.29, 1.82) is 0 Å². The SMILES string of the molecule is Nc1ccc(C(=O)O)c(NC(=O)c2ccc(F)cc2Br)c1. The largest absolute Gasteiger partial charge is 0.478 e. The molecule has 0 aliphatic heterocycles. The monoisotopic (exact) mass is 352 g/mol. The van der Waals surface area contributed by atoms with E-state index in [9.17, 15) is 14.0 Å². The molecule has 0 aliphatic rings. The van der Waals surface area contributed by atoms with Crippen LogP contribution in [0.2, 0.25) is 0 Å². The molecule has 0 radical (unpaired) electrons. The van der Waals surface area contributed by atoms with Gasteiger partial charge in [0.1, 0.15) is 5.82 Å². The normalized spacial score (nSPS) is 10.2. The third-order valence-corrected chi connectivity index (χ3v) is 3.35. The van der Waals surface area contributed by atoms with Crippen LogP contribution in [0.25, 0.3) is 0 Å². The summed E-state index contributed by atoms with van der Waals surface area (Å²) in [7, 11) is 0. The Hall–Kier alpha value is -2.41. The van der Waals surface area contributed by atoms with Crippen LogP contribution in [0.5, 0.6) is 0 Å².